The molecule has 6 nitrogen and oxygen atoms in total. The van der Waals surface area contributed by atoms with Crippen LogP contribution in [0, 0.1) is 0 Å². The second kappa shape index (κ2) is 5.81. The third-order valence-electron chi connectivity index (χ3n) is 3.89. The van der Waals surface area contributed by atoms with Gasteiger partial charge in [0.15, 0.2) is 15.7 Å². The summed E-state index contributed by atoms with van der Waals surface area (Å²) in [6.45, 7) is 2.49. The Hall–Kier alpha value is -1.73. The van der Waals surface area contributed by atoms with Gasteiger partial charge in [-0.25, -0.2) is 8.42 Å². The number of fused-ring (bicyclic) bond motifs is 1. The van der Waals surface area contributed by atoms with Crippen LogP contribution in [0.15, 0.2) is 33.7 Å². The van der Waals surface area contributed by atoms with Crippen LogP contribution in [0.25, 0.3) is 0 Å². The molecule has 0 amide bonds. The van der Waals surface area contributed by atoms with E-state index in [0.29, 0.717) is 23.2 Å². The summed E-state index contributed by atoms with van der Waals surface area (Å²) < 4.78 is 29.7. The Morgan fingerprint density at radius 1 is 1.36 bits per heavy atom. The van der Waals surface area contributed by atoms with Gasteiger partial charge in [0.25, 0.3) is 0 Å². The van der Waals surface area contributed by atoms with Crippen molar-refractivity contribution in [3.63, 3.8) is 0 Å². The summed E-state index contributed by atoms with van der Waals surface area (Å²) in [5.41, 5.74) is 0.846. The summed E-state index contributed by atoms with van der Waals surface area (Å²) in [5.74, 6) is 1.32. The van der Waals surface area contributed by atoms with Gasteiger partial charge in [0, 0.05) is 6.42 Å². The average molecular weight is 321 g/mol. The van der Waals surface area contributed by atoms with Crippen LogP contribution >= 0.6 is 0 Å². The third-order valence-corrected chi connectivity index (χ3v) is 5.69. The molecule has 0 saturated carbocycles. The van der Waals surface area contributed by atoms with Gasteiger partial charge in [-0.2, -0.15) is 4.98 Å². The predicted molar refractivity (Wildman–Crippen MR) is 81.0 cm³/mol. The molecule has 7 heteroatoms. The van der Waals surface area contributed by atoms with E-state index in [1.807, 2.05) is 24.1 Å². The van der Waals surface area contributed by atoms with Crippen molar-refractivity contribution in [2.45, 2.75) is 37.2 Å². The minimum atomic E-state index is -3.20. The lowest BCUT2D eigenvalue weighted by atomic mass is 10.1. The van der Waals surface area contributed by atoms with Gasteiger partial charge in [0.2, 0.25) is 5.89 Å². The maximum absolute atomic E-state index is 12.2. The number of nitrogens with zero attached hydrogens (tertiary/aromatic N) is 3. The molecule has 1 atom stereocenters. The Balaban J connectivity index is 1.80. The van der Waals surface area contributed by atoms with Gasteiger partial charge < -0.3 is 4.52 Å². The molecule has 0 unspecified atom stereocenters. The number of hydrogen-bond acceptors (Lipinski definition) is 6. The first kappa shape index (κ1) is 15.2. The summed E-state index contributed by atoms with van der Waals surface area (Å²) in [5, 5.41) is 3.93. The van der Waals surface area contributed by atoms with Gasteiger partial charge in [0.05, 0.1) is 23.2 Å². The van der Waals surface area contributed by atoms with Crippen LogP contribution in [0.5, 0.6) is 0 Å². The molecule has 1 aromatic carbocycles. The number of aryl methyl sites for hydroxylation is 1. The van der Waals surface area contributed by atoms with Gasteiger partial charge >= 0.3 is 0 Å². The van der Waals surface area contributed by atoms with Crippen LogP contribution in [-0.4, -0.2) is 36.3 Å². The second-order valence-electron chi connectivity index (χ2n) is 5.60. The van der Waals surface area contributed by atoms with Crippen LogP contribution in [-0.2, 0) is 22.8 Å². The normalized spacial score (nSPS) is 19.5. The average Bonchev–Trinajstić information content (AvgIpc) is 3.03. The highest BCUT2D eigenvalue weighted by Crippen LogP contribution is 2.36. The van der Waals surface area contributed by atoms with Crippen molar-refractivity contribution >= 4 is 9.84 Å². The molecule has 0 aliphatic carbocycles. The molecule has 0 fully saturated rings. The molecule has 0 N–H and O–H groups in total. The van der Waals surface area contributed by atoms with Gasteiger partial charge in [-0.3, -0.25) is 4.90 Å². The van der Waals surface area contributed by atoms with Gasteiger partial charge in [-0.15, -0.1) is 0 Å². The fourth-order valence-corrected chi connectivity index (χ4v) is 4.67. The summed E-state index contributed by atoms with van der Waals surface area (Å²) in [4.78, 5) is 6.72. The van der Waals surface area contributed by atoms with E-state index < -0.39 is 9.84 Å². The van der Waals surface area contributed by atoms with Crippen LogP contribution in [0.3, 0.4) is 0 Å². The molecule has 22 heavy (non-hydrogen) atoms. The summed E-state index contributed by atoms with van der Waals surface area (Å²) in [6.07, 6.45) is 1.75. The SMILES string of the molecule is CCCc1noc(CN(C)[C@@H]2CS(=O)(=O)c3ccccc32)n1. The first-order valence-corrected chi connectivity index (χ1v) is 9.00. The minimum absolute atomic E-state index is 0.0960. The predicted octanol–water partition coefficient (Wildman–Crippen LogP) is 1.98. The molecule has 1 aliphatic rings. The van der Waals surface area contributed by atoms with E-state index >= 15 is 0 Å². The van der Waals surface area contributed by atoms with Crippen molar-refractivity contribution < 1.29 is 12.9 Å². The van der Waals surface area contributed by atoms with Crippen LogP contribution in [0.4, 0.5) is 0 Å². The third kappa shape index (κ3) is 2.78. The van der Waals surface area contributed by atoms with Gasteiger partial charge in [-0.05, 0) is 25.1 Å². The fourth-order valence-electron chi connectivity index (χ4n) is 2.79. The summed E-state index contributed by atoms with van der Waals surface area (Å²) in [7, 11) is -1.32. The highest BCUT2D eigenvalue weighted by atomic mass is 32.2. The second-order valence-corrected chi connectivity index (χ2v) is 7.61. The van der Waals surface area contributed by atoms with E-state index in [1.54, 1.807) is 12.1 Å². The van der Waals surface area contributed by atoms with E-state index in [2.05, 4.69) is 17.1 Å². The molecule has 0 bridgehead atoms. The van der Waals surface area contributed by atoms with Gasteiger partial charge in [0.1, 0.15) is 0 Å². The molecule has 2 heterocycles. The Morgan fingerprint density at radius 2 is 2.14 bits per heavy atom. The first-order chi connectivity index (χ1) is 10.5. The van der Waals surface area contributed by atoms with Gasteiger partial charge in [-0.1, -0.05) is 30.3 Å². The lowest BCUT2D eigenvalue weighted by molar-refractivity contribution is 0.219. The largest absolute Gasteiger partial charge is 0.338 e. The van der Waals surface area contributed by atoms with Crippen LogP contribution in [0.2, 0.25) is 0 Å². The van der Waals surface area contributed by atoms with Crippen molar-refractivity contribution in [3.8, 4) is 0 Å². The minimum Gasteiger partial charge on any atom is -0.338 e. The maximum atomic E-state index is 12.2. The van der Waals surface area contributed by atoms with E-state index in [-0.39, 0.29) is 11.8 Å². The van der Waals surface area contributed by atoms with E-state index in [0.717, 1.165) is 18.4 Å². The topological polar surface area (TPSA) is 76.3 Å². The standard InChI is InChI=1S/C15H19N3O3S/c1-3-6-14-16-15(21-17-14)9-18(2)12-10-22(19,20)13-8-5-4-7-11(12)13/h4-5,7-8,12H,3,6,9-10H2,1-2H3/t12-/m1/s1. The molecule has 2 aromatic rings. The first-order valence-electron chi connectivity index (χ1n) is 7.34. The Kier molecular flexibility index (Phi) is 4.01. The van der Waals surface area contributed by atoms with Crippen LogP contribution < -0.4 is 0 Å². The van der Waals surface area contributed by atoms with E-state index in [1.165, 1.54) is 0 Å². The molecule has 1 aromatic heterocycles. The molecule has 0 saturated heterocycles. The molecule has 118 valence electrons. The van der Waals surface area contributed by atoms with Crippen molar-refractivity contribution in [2.75, 3.05) is 12.8 Å². The monoisotopic (exact) mass is 321 g/mol. The lowest BCUT2D eigenvalue weighted by Crippen LogP contribution is -2.25. The van der Waals surface area contributed by atoms with Crippen LogP contribution in [0.1, 0.15) is 36.7 Å². The zero-order chi connectivity index (χ0) is 15.7. The number of rotatable bonds is 5. The van der Waals surface area contributed by atoms with Crippen molar-refractivity contribution in [1.82, 2.24) is 15.0 Å². The smallest absolute Gasteiger partial charge is 0.240 e. The molecule has 0 spiro atoms. The lowest BCUT2D eigenvalue weighted by Gasteiger charge is -2.22. The molecular weight excluding hydrogens is 302 g/mol. The molecule has 0 radical (unpaired) electrons. The number of benzene rings is 1. The van der Waals surface area contributed by atoms with E-state index in [9.17, 15) is 8.42 Å². The van der Waals surface area contributed by atoms with E-state index in [4.69, 9.17) is 4.52 Å². The quantitative estimate of drug-likeness (QED) is 0.838. The number of aromatic nitrogens is 2. The zero-order valence-electron chi connectivity index (χ0n) is 12.7. The number of hydrogen-bond donors (Lipinski definition) is 0. The zero-order valence-corrected chi connectivity index (χ0v) is 13.5. The Bertz CT molecular complexity index is 770. The molecule has 1 aliphatic heterocycles. The summed E-state index contributed by atoms with van der Waals surface area (Å²) in [6, 6.07) is 6.99. The highest BCUT2D eigenvalue weighted by molar-refractivity contribution is 7.91. The Labute approximate surface area is 130 Å². The highest BCUT2D eigenvalue weighted by Gasteiger charge is 2.36. The molecule has 3 rings (SSSR count). The van der Waals surface area contributed by atoms with Crippen molar-refractivity contribution in [3.05, 3.63) is 41.5 Å². The Morgan fingerprint density at radius 3 is 2.91 bits per heavy atom. The van der Waals surface area contributed by atoms with Crippen molar-refractivity contribution in [2.24, 2.45) is 0 Å². The fraction of sp³-hybridized carbons (Fsp3) is 0.467. The molecular formula is C15H19N3O3S. The summed E-state index contributed by atoms with van der Waals surface area (Å²) >= 11 is 0. The van der Waals surface area contributed by atoms with Crippen molar-refractivity contribution in [1.29, 1.82) is 0 Å². The maximum Gasteiger partial charge on any atom is 0.240 e. The number of sulfone groups is 1.